The number of carbonyl (C=O) groups is 1. The van der Waals surface area contributed by atoms with E-state index in [9.17, 15) is 4.79 Å². The van der Waals surface area contributed by atoms with E-state index in [-0.39, 0.29) is 5.91 Å². The molecule has 0 unspecified atom stereocenters. The number of carbonyl (C=O) groups excluding carboxylic acids is 1. The fourth-order valence-corrected chi connectivity index (χ4v) is 0.824. The van der Waals surface area contributed by atoms with Crippen LogP contribution in [0.25, 0.3) is 0 Å². The molecule has 0 atom stereocenters. The third-order valence-electron chi connectivity index (χ3n) is 1.52. The largest absolute Gasteiger partial charge is 0.355 e. The van der Waals surface area contributed by atoms with Crippen molar-refractivity contribution in [3.63, 3.8) is 0 Å². The molecule has 4 nitrogen and oxygen atoms in total. The Bertz CT molecular complexity index is 268. The van der Waals surface area contributed by atoms with Gasteiger partial charge in [0.25, 0.3) is 5.91 Å². The summed E-state index contributed by atoms with van der Waals surface area (Å²) in [5.74, 6) is -0.133. The molecule has 1 aromatic rings. The van der Waals surface area contributed by atoms with Gasteiger partial charge in [0.1, 0.15) is 0 Å². The van der Waals surface area contributed by atoms with Gasteiger partial charge in [0.2, 0.25) is 0 Å². The van der Waals surface area contributed by atoms with Gasteiger partial charge in [0.15, 0.2) is 0 Å². The number of aromatic nitrogens is 1. The first-order valence-corrected chi connectivity index (χ1v) is 3.65. The molecule has 0 aliphatic carbocycles. The number of nitrogens with two attached hydrogens (primary N) is 1. The van der Waals surface area contributed by atoms with E-state index in [1.807, 2.05) is 0 Å². The SMILES string of the molecule is CNC(=O)c1ccc(CN)nc1. The number of hydrogen-bond acceptors (Lipinski definition) is 3. The molecule has 12 heavy (non-hydrogen) atoms. The maximum atomic E-state index is 11.0. The molecular formula is C8H11N3O. The lowest BCUT2D eigenvalue weighted by atomic mass is 10.2. The van der Waals surface area contributed by atoms with Crippen LogP contribution in [0.5, 0.6) is 0 Å². The van der Waals surface area contributed by atoms with Gasteiger partial charge in [0, 0.05) is 19.8 Å². The van der Waals surface area contributed by atoms with Crippen LogP contribution in [-0.4, -0.2) is 17.9 Å². The number of amides is 1. The maximum absolute atomic E-state index is 11.0. The second-order valence-corrected chi connectivity index (χ2v) is 2.32. The minimum Gasteiger partial charge on any atom is -0.355 e. The topological polar surface area (TPSA) is 68.0 Å². The summed E-state index contributed by atoms with van der Waals surface area (Å²) >= 11 is 0. The summed E-state index contributed by atoms with van der Waals surface area (Å²) in [7, 11) is 1.58. The van der Waals surface area contributed by atoms with Gasteiger partial charge in [0.05, 0.1) is 11.3 Å². The van der Waals surface area contributed by atoms with Gasteiger partial charge in [-0.1, -0.05) is 0 Å². The summed E-state index contributed by atoms with van der Waals surface area (Å²) in [6.07, 6.45) is 1.51. The fourth-order valence-electron chi connectivity index (χ4n) is 0.824. The maximum Gasteiger partial charge on any atom is 0.252 e. The van der Waals surface area contributed by atoms with Gasteiger partial charge in [-0.2, -0.15) is 0 Å². The predicted molar refractivity (Wildman–Crippen MR) is 45.5 cm³/mol. The van der Waals surface area contributed by atoms with E-state index in [1.54, 1.807) is 19.2 Å². The van der Waals surface area contributed by atoms with Crippen LogP contribution in [0.3, 0.4) is 0 Å². The summed E-state index contributed by atoms with van der Waals surface area (Å²) in [5, 5.41) is 2.51. The van der Waals surface area contributed by atoms with Crippen LogP contribution in [0, 0.1) is 0 Å². The Balaban J connectivity index is 2.84. The van der Waals surface area contributed by atoms with Crippen molar-refractivity contribution in [3.8, 4) is 0 Å². The number of nitrogens with one attached hydrogen (secondary N) is 1. The fraction of sp³-hybridized carbons (Fsp3) is 0.250. The lowest BCUT2D eigenvalue weighted by Crippen LogP contribution is -2.18. The van der Waals surface area contributed by atoms with Crippen LogP contribution in [0.1, 0.15) is 16.1 Å². The molecule has 1 rings (SSSR count). The Morgan fingerprint density at radius 2 is 2.42 bits per heavy atom. The molecule has 1 amide bonds. The molecule has 0 saturated carbocycles. The van der Waals surface area contributed by atoms with Gasteiger partial charge in [-0.05, 0) is 12.1 Å². The van der Waals surface area contributed by atoms with Crippen LogP contribution in [-0.2, 0) is 6.54 Å². The van der Waals surface area contributed by atoms with Crippen LogP contribution in [0.4, 0.5) is 0 Å². The molecule has 1 heterocycles. The molecule has 3 N–H and O–H groups in total. The van der Waals surface area contributed by atoms with Crippen molar-refractivity contribution >= 4 is 5.91 Å². The van der Waals surface area contributed by atoms with E-state index in [0.717, 1.165) is 5.69 Å². The number of rotatable bonds is 2. The van der Waals surface area contributed by atoms with E-state index in [0.29, 0.717) is 12.1 Å². The van der Waals surface area contributed by atoms with Crippen molar-refractivity contribution in [2.24, 2.45) is 5.73 Å². The molecule has 0 saturated heterocycles. The highest BCUT2D eigenvalue weighted by atomic mass is 16.1. The average molecular weight is 165 g/mol. The Kier molecular flexibility index (Phi) is 2.76. The van der Waals surface area contributed by atoms with Gasteiger partial charge in [-0.25, -0.2) is 0 Å². The molecule has 0 aliphatic heterocycles. The standard InChI is InChI=1S/C8H11N3O/c1-10-8(12)6-2-3-7(4-9)11-5-6/h2-3,5H,4,9H2,1H3,(H,10,12). The van der Waals surface area contributed by atoms with E-state index in [4.69, 9.17) is 5.73 Å². The Hall–Kier alpha value is -1.42. The van der Waals surface area contributed by atoms with Crippen LogP contribution >= 0.6 is 0 Å². The predicted octanol–water partition coefficient (Wildman–Crippen LogP) is -0.100. The number of pyridine rings is 1. The van der Waals surface area contributed by atoms with Crippen molar-refractivity contribution < 1.29 is 4.79 Å². The normalized spacial score (nSPS) is 9.50. The molecule has 0 radical (unpaired) electrons. The summed E-state index contributed by atoms with van der Waals surface area (Å²) in [4.78, 5) is 15.0. The lowest BCUT2D eigenvalue weighted by Gasteiger charge is -1.99. The number of hydrogen-bond donors (Lipinski definition) is 2. The highest BCUT2D eigenvalue weighted by molar-refractivity contribution is 5.93. The van der Waals surface area contributed by atoms with E-state index in [1.165, 1.54) is 6.20 Å². The van der Waals surface area contributed by atoms with E-state index >= 15 is 0 Å². The summed E-state index contributed by atoms with van der Waals surface area (Å²) in [6.45, 7) is 0.397. The molecular weight excluding hydrogens is 154 g/mol. The monoisotopic (exact) mass is 165 g/mol. The van der Waals surface area contributed by atoms with Crippen molar-refractivity contribution in [1.29, 1.82) is 0 Å². The Morgan fingerprint density at radius 3 is 2.83 bits per heavy atom. The van der Waals surface area contributed by atoms with Crippen molar-refractivity contribution in [3.05, 3.63) is 29.6 Å². The zero-order valence-electron chi connectivity index (χ0n) is 6.87. The minimum atomic E-state index is -0.133. The van der Waals surface area contributed by atoms with Gasteiger partial charge < -0.3 is 11.1 Å². The first kappa shape index (κ1) is 8.67. The van der Waals surface area contributed by atoms with Crippen molar-refractivity contribution in [2.45, 2.75) is 6.54 Å². The molecule has 0 fully saturated rings. The minimum absolute atomic E-state index is 0.133. The van der Waals surface area contributed by atoms with Crippen LogP contribution in [0.15, 0.2) is 18.3 Å². The van der Waals surface area contributed by atoms with Crippen molar-refractivity contribution in [1.82, 2.24) is 10.3 Å². The van der Waals surface area contributed by atoms with Gasteiger partial charge in [-0.3, -0.25) is 9.78 Å². The first-order chi connectivity index (χ1) is 5.77. The van der Waals surface area contributed by atoms with Gasteiger partial charge >= 0.3 is 0 Å². The molecule has 4 heteroatoms. The first-order valence-electron chi connectivity index (χ1n) is 3.65. The Morgan fingerprint density at radius 1 is 1.67 bits per heavy atom. The van der Waals surface area contributed by atoms with E-state index < -0.39 is 0 Å². The third kappa shape index (κ3) is 1.79. The molecule has 0 bridgehead atoms. The molecule has 0 aromatic carbocycles. The number of nitrogens with zero attached hydrogens (tertiary/aromatic N) is 1. The van der Waals surface area contributed by atoms with Crippen LogP contribution in [0.2, 0.25) is 0 Å². The smallest absolute Gasteiger partial charge is 0.252 e. The zero-order valence-corrected chi connectivity index (χ0v) is 6.87. The molecule has 1 aromatic heterocycles. The van der Waals surface area contributed by atoms with Crippen LogP contribution < -0.4 is 11.1 Å². The second-order valence-electron chi connectivity index (χ2n) is 2.32. The lowest BCUT2D eigenvalue weighted by molar-refractivity contribution is 0.0962. The molecule has 64 valence electrons. The second kappa shape index (κ2) is 3.82. The third-order valence-corrected chi connectivity index (χ3v) is 1.52. The molecule has 0 aliphatic rings. The van der Waals surface area contributed by atoms with E-state index in [2.05, 4.69) is 10.3 Å². The zero-order chi connectivity index (χ0) is 8.97. The van der Waals surface area contributed by atoms with Crippen molar-refractivity contribution in [2.75, 3.05) is 7.05 Å². The van der Waals surface area contributed by atoms with Gasteiger partial charge in [-0.15, -0.1) is 0 Å². The Labute approximate surface area is 70.8 Å². The molecule has 0 spiro atoms. The summed E-state index contributed by atoms with van der Waals surface area (Å²) in [6, 6.07) is 3.44. The average Bonchev–Trinajstić information content (AvgIpc) is 2.17. The summed E-state index contributed by atoms with van der Waals surface area (Å²) < 4.78 is 0. The highest BCUT2D eigenvalue weighted by Gasteiger charge is 2.01. The quantitative estimate of drug-likeness (QED) is 0.643. The summed E-state index contributed by atoms with van der Waals surface area (Å²) in [5.41, 5.74) is 6.68. The highest BCUT2D eigenvalue weighted by Crippen LogP contribution is 1.98.